The Hall–Kier alpha value is -2.38. The summed E-state index contributed by atoms with van der Waals surface area (Å²) >= 11 is 0. The van der Waals surface area contributed by atoms with Gasteiger partial charge in [-0.25, -0.2) is 9.18 Å². The van der Waals surface area contributed by atoms with E-state index in [1.54, 1.807) is 18.3 Å². The Balaban J connectivity index is 0.000000224. The summed E-state index contributed by atoms with van der Waals surface area (Å²) in [6.45, 7) is 0. The first-order chi connectivity index (χ1) is 8.80. The lowest BCUT2D eigenvalue weighted by molar-refractivity contribution is -0.192. The molecule has 0 amide bonds. The van der Waals surface area contributed by atoms with Crippen molar-refractivity contribution in [2.75, 3.05) is 0 Å². The third-order valence-corrected chi connectivity index (χ3v) is 1.90. The van der Waals surface area contributed by atoms with Crippen LogP contribution in [-0.4, -0.2) is 27.4 Å². The van der Waals surface area contributed by atoms with Crippen molar-refractivity contribution < 1.29 is 27.5 Å². The van der Waals surface area contributed by atoms with Crippen LogP contribution in [0, 0.1) is 5.82 Å². The van der Waals surface area contributed by atoms with E-state index in [2.05, 4.69) is 10.2 Å². The van der Waals surface area contributed by atoms with Gasteiger partial charge in [-0.05, 0) is 35.9 Å². The Bertz CT molecular complexity index is 521. The van der Waals surface area contributed by atoms with Crippen LogP contribution in [0.4, 0.5) is 17.6 Å². The van der Waals surface area contributed by atoms with Gasteiger partial charge >= 0.3 is 12.1 Å². The van der Waals surface area contributed by atoms with E-state index in [1.807, 2.05) is 6.07 Å². The van der Waals surface area contributed by atoms with Gasteiger partial charge in [0.1, 0.15) is 5.82 Å². The molecular formula is C11H8F4N2O2. The van der Waals surface area contributed by atoms with E-state index in [-0.39, 0.29) is 5.82 Å². The molecule has 0 aliphatic carbocycles. The zero-order valence-corrected chi connectivity index (χ0v) is 9.28. The first kappa shape index (κ1) is 14.7. The molecule has 0 saturated carbocycles. The summed E-state index contributed by atoms with van der Waals surface area (Å²) in [5.41, 5.74) is 1.84. The standard InChI is InChI=1S/C9H7FN2.C2HF3O2/c10-8-3-1-7(2-4-8)9-5-6-11-12-9;3-2(4,5)1(6)7/h1-6H,(H,11,12);(H,6,7). The number of nitrogens with one attached hydrogen (secondary N) is 1. The molecule has 0 radical (unpaired) electrons. The minimum atomic E-state index is -5.08. The van der Waals surface area contributed by atoms with Gasteiger partial charge in [0.15, 0.2) is 0 Å². The van der Waals surface area contributed by atoms with Gasteiger partial charge in [0.2, 0.25) is 0 Å². The maximum absolute atomic E-state index is 12.5. The predicted molar refractivity (Wildman–Crippen MR) is 57.7 cm³/mol. The fourth-order valence-electron chi connectivity index (χ4n) is 1.05. The fraction of sp³-hybridized carbons (Fsp3) is 0.0909. The molecule has 8 heteroatoms. The first-order valence-corrected chi connectivity index (χ1v) is 4.86. The van der Waals surface area contributed by atoms with Crippen molar-refractivity contribution in [3.05, 3.63) is 42.3 Å². The van der Waals surface area contributed by atoms with Crippen LogP contribution in [0.5, 0.6) is 0 Å². The lowest BCUT2D eigenvalue weighted by Crippen LogP contribution is -2.21. The highest BCUT2D eigenvalue weighted by molar-refractivity contribution is 5.73. The van der Waals surface area contributed by atoms with Crippen LogP contribution >= 0.6 is 0 Å². The normalized spacial score (nSPS) is 10.5. The number of H-pyrrole nitrogens is 1. The Labute approximate surface area is 104 Å². The molecule has 2 rings (SSSR count). The molecule has 0 saturated heterocycles. The summed E-state index contributed by atoms with van der Waals surface area (Å²) < 4.78 is 44.2. The van der Waals surface area contributed by atoms with Crippen molar-refractivity contribution in [3.8, 4) is 11.3 Å². The van der Waals surface area contributed by atoms with Crippen molar-refractivity contribution in [1.29, 1.82) is 0 Å². The molecule has 0 aliphatic heterocycles. The number of carboxylic acids is 1. The molecule has 0 unspecified atom stereocenters. The Morgan fingerprint density at radius 3 is 2.05 bits per heavy atom. The van der Waals surface area contributed by atoms with Crippen molar-refractivity contribution in [1.82, 2.24) is 10.2 Å². The molecule has 0 fully saturated rings. The van der Waals surface area contributed by atoms with Gasteiger partial charge in [-0.2, -0.15) is 18.3 Å². The number of aromatic amines is 1. The molecule has 1 heterocycles. The summed E-state index contributed by atoms with van der Waals surface area (Å²) in [6, 6.07) is 8.12. The minimum absolute atomic E-state index is 0.224. The monoisotopic (exact) mass is 276 g/mol. The van der Waals surface area contributed by atoms with Crippen LogP contribution in [0.25, 0.3) is 11.3 Å². The van der Waals surface area contributed by atoms with Crippen molar-refractivity contribution >= 4 is 5.97 Å². The Morgan fingerprint density at radius 1 is 1.16 bits per heavy atom. The molecule has 2 aromatic rings. The maximum Gasteiger partial charge on any atom is 0.490 e. The number of carboxylic acid groups (broad SMARTS) is 1. The average molecular weight is 276 g/mol. The van der Waals surface area contributed by atoms with Gasteiger partial charge in [-0.1, -0.05) is 0 Å². The molecule has 0 aliphatic rings. The van der Waals surface area contributed by atoms with Crippen LogP contribution in [0.15, 0.2) is 36.5 Å². The van der Waals surface area contributed by atoms with E-state index in [0.29, 0.717) is 0 Å². The quantitative estimate of drug-likeness (QED) is 0.787. The highest BCUT2D eigenvalue weighted by atomic mass is 19.4. The van der Waals surface area contributed by atoms with E-state index in [9.17, 15) is 17.6 Å². The third-order valence-electron chi connectivity index (χ3n) is 1.90. The molecule has 0 bridgehead atoms. The molecule has 19 heavy (non-hydrogen) atoms. The molecular weight excluding hydrogens is 268 g/mol. The van der Waals surface area contributed by atoms with Gasteiger partial charge < -0.3 is 5.11 Å². The number of alkyl halides is 3. The number of rotatable bonds is 1. The number of hydrogen-bond acceptors (Lipinski definition) is 2. The predicted octanol–water partition coefficient (Wildman–Crippen LogP) is 2.85. The number of benzene rings is 1. The molecule has 1 aromatic heterocycles. The molecule has 2 N–H and O–H groups in total. The zero-order chi connectivity index (χ0) is 14.5. The van der Waals surface area contributed by atoms with Crippen LogP contribution in [0.2, 0.25) is 0 Å². The fourth-order valence-corrected chi connectivity index (χ4v) is 1.05. The van der Waals surface area contributed by atoms with E-state index < -0.39 is 12.1 Å². The van der Waals surface area contributed by atoms with E-state index in [4.69, 9.17) is 9.90 Å². The van der Waals surface area contributed by atoms with Crippen LogP contribution < -0.4 is 0 Å². The summed E-state index contributed by atoms with van der Waals surface area (Å²) in [7, 11) is 0. The molecule has 1 aromatic carbocycles. The molecule has 102 valence electrons. The summed E-state index contributed by atoms with van der Waals surface area (Å²) in [5.74, 6) is -2.98. The van der Waals surface area contributed by atoms with Gasteiger partial charge in [0.25, 0.3) is 0 Å². The highest BCUT2D eigenvalue weighted by Gasteiger charge is 2.38. The van der Waals surface area contributed by atoms with Crippen molar-refractivity contribution in [3.63, 3.8) is 0 Å². The van der Waals surface area contributed by atoms with Gasteiger partial charge in [-0.15, -0.1) is 0 Å². The summed E-state index contributed by atoms with van der Waals surface area (Å²) in [4.78, 5) is 8.90. The van der Waals surface area contributed by atoms with Crippen LogP contribution in [0.3, 0.4) is 0 Å². The number of aliphatic carboxylic acids is 1. The topological polar surface area (TPSA) is 66.0 Å². The number of halogens is 4. The lowest BCUT2D eigenvalue weighted by atomic mass is 10.1. The highest BCUT2D eigenvalue weighted by Crippen LogP contribution is 2.15. The number of carbonyl (C=O) groups is 1. The molecule has 0 spiro atoms. The van der Waals surface area contributed by atoms with Crippen LogP contribution in [-0.2, 0) is 4.79 Å². The smallest absolute Gasteiger partial charge is 0.475 e. The summed E-state index contributed by atoms with van der Waals surface area (Å²) in [6.07, 6.45) is -3.42. The second kappa shape index (κ2) is 5.98. The molecule has 0 atom stereocenters. The molecule has 4 nitrogen and oxygen atoms in total. The van der Waals surface area contributed by atoms with Gasteiger partial charge in [0, 0.05) is 6.20 Å². The number of hydrogen-bond donors (Lipinski definition) is 2. The van der Waals surface area contributed by atoms with E-state index in [1.165, 1.54) is 12.1 Å². The maximum atomic E-state index is 12.5. The lowest BCUT2D eigenvalue weighted by Gasteiger charge is -1.95. The van der Waals surface area contributed by atoms with E-state index >= 15 is 0 Å². The average Bonchev–Trinajstić information content (AvgIpc) is 2.83. The first-order valence-electron chi connectivity index (χ1n) is 4.86. The summed E-state index contributed by atoms with van der Waals surface area (Å²) in [5, 5.41) is 13.7. The Kier molecular flexibility index (Phi) is 4.62. The Morgan fingerprint density at radius 2 is 1.68 bits per heavy atom. The van der Waals surface area contributed by atoms with Crippen molar-refractivity contribution in [2.24, 2.45) is 0 Å². The van der Waals surface area contributed by atoms with Gasteiger partial charge in [0.05, 0.1) is 5.69 Å². The van der Waals surface area contributed by atoms with E-state index in [0.717, 1.165) is 11.3 Å². The van der Waals surface area contributed by atoms with Gasteiger partial charge in [-0.3, -0.25) is 5.10 Å². The van der Waals surface area contributed by atoms with Crippen molar-refractivity contribution in [2.45, 2.75) is 6.18 Å². The number of aromatic nitrogens is 2. The SMILES string of the molecule is Fc1ccc(-c2ccn[nH]2)cc1.O=C(O)C(F)(F)F. The minimum Gasteiger partial charge on any atom is -0.475 e. The second-order valence-electron chi connectivity index (χ2n) is 3.28. The third kappa shape index (κ3) is 4.78. The zero-order valence-electron chi connectivity index (χ0n) is 9.28. The second-order valence-corrected chi connectivity index (χ2v) is 3.28. The van der Waals surface area contributed by atoms with Crippen LogP contribution in [0.1, 0.15) is 0 Å². The largest absolute Gasteiger partial charge is 0.490 e. The number of nitrogens with zero attached hydrogens (tertiary/aromatic N) is 1.